The number of rotatable bonds is 5. The normalized spacial score (nSPS) is 10.9. The number of benzene rings is 3. The Labute approximate surface area is 185 Å². The summed E-state index contributed by atoms with van der Waals surface area (Å²) < 4.78 is 0. The van der Waals surface area contributed by atoms with E-state index in [1.54, 1.807) is 12.4 Å². The number of nitrogens with one attached hydrogen (secondary N) is 2. The monoisotopic (exact) mass is 419 g/mol. The molecule has 1 amide bonds. The molecule has 2 aromatic heterocycles. The predicted molar refractivity (Wildman–Crippen MR) is 127 cm³/mol. The van der Waals surface area contributed by atoms with E-state index in [2.05, 4.69) is 38.7 Å². The summed E-state index contributed by atoms with van der Waals surface area (Å²) in [7, 11) is 0. The lowest BCUT2D eigenvalue weighted by Crippen LogP contribution is -2.13. The van der Waals surface area contributed by atoms with Gasteiger partial charge in [-0.2, -0.15) is 5.10 Å². The Morgan fingerprint density at radius 1 is 0.875 bits per heavy atom. The summed E-state index contributed by atoms with van der Waals surface area (Å²) in [5.74, 6) is -0.268. The topological polar surface area (TPSA) is 96.7 Å². The molecule has 6 heteroatoms. The van der Waals surface area contributed by atoms with Gasteiger partial charge >= 0.3 is 0 Å². The van der Waals surface area contributed by atoms with Crippen LogP contribution in [0.1, 0.15) is 21.6 Å². The van der Waals surface area contributed by atoms with E-state index < -0.39 is 0 Å². The van der Waals surface area contributed by atoms with Crippen molar-refractivity contribution in [2.75, 3.05) is 11.1 Å². The zero-order chi connectivity index (χ0) is 21.9. The van der Waals surface area contributed by atoms with Crippen LogP contribution in [0.5, 0.6) is 0 Å². The maximum atomic E-state index is 13.0. The van der Waals surface area contributed by atoms with Crippen LogP contribution in [0, 0.1) is 0 Å². The molecule has 0 saturated heterocycles. The third-order valence-electron chi connectivity index (χ3n) is 5.31. The Morgan fingerprint density at radius 2 is 1.72 bits per heavy atom. The van der Waals surface area contributed by atoms with Gasteiger partial charge in [-0.3, -0.25) is 14.9 Å². The molecular formula is C26H21N5O. The lowest BCUT2D eigenvalue weighted by atomic mass is 10.0. The molecule has 2 heterocycles. The molecule has 5 aromatic rings. The lowest BCUT2D eigenvalue weighted by molar-refractivity contribution is 0.102. The summed E-state index contributed by atoms with van der Waals surface area (Å²) in [5.41, 5.74) is 12.5. The number of aromatic amines is 1. The van der Waals surface area contributed by atoms with Crippen molar-refractivity contribution in [2.45, 2.75) is 6.42 Å². The van der Waals surface area contributed by atoms with Crippen molar-refractivity contribution >= 4 is 28.2 Å². The van der Waals surface area contributed by atoms with E-state index in [0.717, 1.165) is 39.7 Å². The number of carbonyl (C=O) groups excluding carboxylic acids is 1. The minimum Gasteiger partial charge on any atom is -0.397 e. The molecule has 5 rings (SSSR count). The van der Waals surface area contributed by atoms with Gasteiger partial charge in [0.05, 0.1) is 11.2 Å². The molecule has 0 radical (unpaired) electrons. The molecule has 0 bridgehead atoms. The van der Waals surface area contributed by atoms with Gasteiger partial charge in [-0.05, 0) is 53.4 Å². The second-order valence-electron chi connectivity index (χ2n) is 7.66. The first kappa shape index (κ1) is 19.5. The number of nitrogen functional groups attached to an aromatic ring is 1. The highest BCUT2D eigenvalue weighted by molar-refractivity contribution is 6.11. The Bertz CT molecular complexity index is 1410. The molecule has 32 heavy (non-hydrogen) atoms. The summed E-state index contributed by atoms with van der Waals surface area (Å²) in [4.78, 5) is 17.2. The smallest absolute Gasteiger partial charge is 0.276 e. The van der Waals surface area contributed by atoms with Crippen molar-refractivity contribution in [2.24, 2.45) is 0 Å². The highest BCUT2D eigenvalue weighted by Crippen LogP contribution is 2.26. The largest absolute Gasteiger partial charge is 0.397 e. The molecule has 3 aromatic carbocycles. The Hall–Kier alpha value is -4.45. The van der Waals surface area contributed by atoms with E-state index in [1.807, 2.05) is 60.7 Å². The Morgan fingerprint density at radius 3 is 2.56 bits per heavy atom. The molecule has 0 atom stereocenters. The predicted octanol–water partition coefficient (Wildman–Crippen LogP) is 5.05. The van der Waals surface area contributed by atoms with E-state index in [1.165, 1.54) is 5.56 Å². The number of hydrogen-bond acceptors (Lipinski definition) is 4. The maximum absolute atomic E-state index is 13.0. The number of fused-ring (bicyclic) bond motifs is 1. The van der Waals surface area contributed by atoms with Crippen molar-refractivity contribution in [3.8, 4) is 11.1 Å². The maximum Gasteiger partial charge on any atom is 0.276 e. The molecule has 0 aliphatic heterocycles. The summed E-state index contributed by atoms with van der Waals surface area (Å²) >= 11 is 0. The van der Waals surface area contributed by atoms with Gasteiger partial charge in [0.25, 0.3) is 5.91 Å². The van der Waals surface area contributed by atoms with E-state index in [0.29, 0.717) is 11.4 Å². The summed E-state index contributed by atoms with van der Waals surface area (Å²) in [6.07, 6.45) is 4.15. The van der Waals surface area contributed by atoms with Crippen LogP contribution in [-0.2, 0) is 6.42 Å². The quantitative estimate of drug-likeness (QED) is 0.371. The van der Waals surface area contributed by atoms with Gasteiger partial charge in [-0.25, -0.2) is 0 Å². The number of hydrogen-bond donors (Lipinski definition) is 3. The van der Waals surface area contributed by atoms with Crippen molar-refractivity contribution in [3.05, 3.63) is 108 Å². The van der Waals surface area contributed by atoms with Crippen molar-refractivity contribution in [3.63, 3.8) is 0 Å². The number of amides is 1. The van der Waals surface area contributed by atoms with Crippen LogP contribution < -0.4 is 11.1 Å². The van der Waals surface area contributed by atoms with E-state index in [-0.39, 0.29) is 5.91 Å². The van der Waals surface area contributed by atoms with Gasteiger partial charge in [0.1, 0.15) is 0 Å². The minimum absolute atomic E-state index is 0.268. The first-order valence-electron chi connectivity index (χ1n) is 10.3. The standard InChI is InChI=1S/C26H21N5O/c27-21-13-20(15-28-16-21)19-9-10-24-23(14-19)25(31-30-24)26(32)29-22-8-4-7-18(12-22)11-17-5-2-1-3-6-17/h1-10,12-16H,11,27H2,(H,29,32)(H,30,31). The number of pyridine rings is 1. The van der Waals surface area contributed by atoms with Crippen molar-refractivity contribution in [1.82, 2.24) is 15.2 Å². The molecule has 0 saturated carbocycles. The number of nitrogens with zero attached hydrogens (tertiary/aromatic N) is 2. The van der Waals surface area contributed by atoms with Crippen LogP contribution in [0.15, 0.2) is 91.3 Å². The molecule has 0 spiro atoms. The van der Waals surface area contributed by atoms with E-state index in [4.69, 9.17) is 5.73 Å². The van der Waals surface area contributed by atoms with Gasteiger partial charge in [0, 0.05) is 29.0 Å². The molecule has 0 fully saturated rings. The highest BCUT2D eigenvalue weighted by Gasteiger charge is 2.15. The molecular weight excluding hydrogens is 398 g/mol. The van der Waals surface area contributed by atoms with Crippen LogP contribution >= 0.6 is 0 Å². The average Bonchev–Trinajstić information content (AvgIpc) is 3.23. The molecule has 0 unspecified atom stereocenters. The zero-order valence-corrected chi connectivity index (χ0v) is 17.2. The van der Waals surface area contributed by atoms with Crippen molar-refractivity contribution < 1.29 is 4.79 Å². The fraction of sp³-hybridized carbons (Fsp3) is 0.0385. The molecule has 0 aliphatic carbocycles. The van der Waals surface area contributed by atoms with E-state index >= 15 is 0 Å². The SMILES string of the molecule is Nc1cncc(-c2ccc3[nH]nc(C(=O)Nc4cccc(Cc5ccccc5)c4)c3c2)c1. The van der Waals surface area contributed by atoms with Crippen LogP contribution in [0.2, 0.25) is 0 Å². The molecule has 4 N–H and O–H groups in total. The average molecular weight is 419 g/mol. The Balaban J connectivity index is 1.40. The second kappa shape index (κ2) is 8.35. The van der Waals surface area contributed by atoms with Gasteiger partial charge in [-0.15, -0.1) is 0 Å². The fourth-order valence-corrected chi connectivity index (χ4v) is 3.76. The van der Waals surface area contributed by atoms with Gasteiger partial charge in [0.15, 0.2) is 5.69 Å². The van der Waals surface area contributed by atoms with Crippen LogP contribution in [0.3, 0.4) is 0 Å². The number of aromatic nitrogens is 3. The number of carbonyl (C=O) groups is 1. The fourth-order valence-electron chi connectivity index (χ4n) is 3.76. The summed E-state index contributed by atoms with van der Waals surface area (Å²) in [6, 6.07) is 25.7. The molecule has 0 aliphatic rings. The third kappa shape index (κ3) is 4.06. The number of anilines is 2. The lowest BCUT2D eigenvalue weighted by Gasteiger charge is -2.07. The second-order valence-corrected chi connectivity index (χ2v) is 7.66. The third-order valence-corrected chi connectivity index (χ3v) is 5.31. The Kier molecular flexibility index (Phi) is 5.09. The van der Waals surface area contributed by atoms with Crippen LogP contribution in [-0.4, -0.2) is 21.1 Å². The highest BCUT2D eigenvalue weighted by atomic mass is 16.1. The van der Waals surface area contributed by atoms with Gasteiger partial charge in [-0.1, -0.05) is 48.5 Å². The summed E-state index contributed by atoms with van der Waals surface area (Å²) in [5, 5.41) is 10.9. The first-order chi connectivity index (χ1) is 15.7. The number of nitrogens with two attached hydrogens (primary N) is 1. The minimum atomic E-state index is -0.268. The van der Waals surface area contributed by atoms with Gasteiger partial charge in [0.2, 0.25) is 0 Å². The number of H-pyrrole nitrogens is 1. The van der Waals surface area contributed by atoms with Crippen molar-refractivity contribution in [1.29, 1.82) is 0 Å². The molecule has 6 nitrogen and oxygen atoms in total. The zero-order valence-electron chi connectivity index (χ0n) is 17.2. The van der Waals surface area contributed by atoms with Crippen LogP contribution in [0.4, 0.5) is 11.4 Å². The molecule has 156 valence electrons. The first-order valence-corrected chi connectivity index (χ1v) is 10.3. The van der Waals surface area contributed by atoms with E-state index in [9.17, 15) is 4.79 Å². The van der Waals surface area contributed by atoms with Gasteiger partial charge < -0.3 is 11.1 Å². The summed E-state index contributed by atoms with van der Waals surface area (Å²) in [6.45, 7) is 0. The van der Waals surface area contributed by atoms with Crippen LogP contribution in [0.25, 0.3) is 22.0 Å².